The molecule has 0 aliphatic heterocycles. The molecule has 0 saturated carbocycles. The second-order valence-electron chi connectivity index (χ2n) is 9.44. The van der Waals surface area contributed by atoms with Gasteiger partial charge in [0.25, 0.3) is 11.8 Å². The van der Waals surface area contributed by atoms with Crippen molar-refractivity contribution in [2.45, 2.75) is 24.0 Å². The summed E-state index contributed by atoms with van der Waals surface area (Å²) in [4.78, 5) is 39.8. The molecule has 2 heterocycles. The minimum absolute atomic E-state index is 0.00576. The molecule has 2 aromatic heterocycles. The number of aromatic nitrogens is 2. The average Bonchev–Trinajstić information content (AvgIpc) is 3.67. The summed E-state index contributed by atoms with van der Waals surface area (Å²) in [7, 11) is 0. The molecule has 0 saturated heterocycles. The van der Waals surface area contributed by atoms with Gasteiger partial charge in [-0.2, -0.15) is 0 Å². The number of amides is 3. The molecule has 0 fully saturated rings. The van der Waals surface area contributed by atoms with Gasteiger partial charge in [-0.05, 0) is 74.5 Å². The quantitative estimate of drug-likeness (QED) is 0.103. The number of thioether (sulfide) groups is 1. The van der Waals surface area contributed by atoms with Crippen LogP contribution in [-0.2, 0) is 9.59 Å². The van der Waals surface area contributed by atoms with E-state index in [0.29, 0.717) is 27.9 Å². The van der Waals surface area contributed by atoms with Gasteiger partial charge in [-0.25, -0.2) is 0 Å². The van der Waals surface area contributed by atoms with Gasteiger partial charge in [-0.1, -0.05) is 57.6 Å². The molecular weight excluding hydrogens is 662 g/mol. The van der Waals surface area contributed by atoms with Crippen molar-refractivity contribution in [3.63, 3.8) is 0 Å². The average molecular weight is 689 g/mol. The lowest BCUT2D eigenvalue weighted by molar-refractivity contribution is -0.115. The molecule has 44 heavy (non-hydrogen) atoms. The molecule has 12 heteroatoms. The van der Waals surface area contributed by atoms with Crippen molar-refractivity contribution in [1.82, 2.24) is 15.5 Å². The molecule has 5 aromatic rings. The zero-order chi connectivity index (χ0) is 31.1. The van der Waals surface area contributed by atoms with E-state index in [9.17, 15) is 14.4 Å². The lowest BCUT2D eigenvalue weighted by atomic mass is 10.2. The van der Waals surface area contributed by atoms with Crippen molar-refractivity contribution in [2.24, 2.45) is 0 Å². The molecule has 9 nitrogen and oxygen atoms in total. The number of hydrogen-bond acceptors (Lipinski definition) is 8. The summed E-state index contributed by atoms with van der Waals surface area (Å²) in [5, 5.41) is 17.0. The van der Waals surface area contributed by atoms with Gasteiger partial charge in [-0.15, -0.1) is 22.0 Å². The van der Waals surface area contributed by atoms with Crippen LogP contribution in [-0.4, -0.2) is 33.2 Å². The van der Waals surface area contributed by atoms with E-state index in [2.05, 4.69) is 42.1 Å². The van der Waals surface area contributed by atoms with E-state index in [1.807, 2.05) is 43.3 Å². The Bertz CT molecular complexity index is 1800. The summed E-state index contributed by atoms with van der Waals surface area (Å²) in [6.45, 7) is 3.62. The minimum atomic E-state index is -0.531. The number of rotatable bonds is 10. The van der Waals surface area contributed by atoms with Gasteiger partial charge in [0.15, 0.2) is 0 Å². The standard InChI is InChI=1S/C32H26BrN5O4S2/c1-19(29(39)36-32-38-37-20(2)44-32)43-26-15-12-24(13-16-26)34-31(41)27(35-30(40)22-6-4-3-5-7-22)18-25-14-17-28(42-25)21-8-10-23(33)11-9-21/h3-19H,1-2H3,(H,34,41)(H,35,40)(H,36,38,39)/b27-18-/t19-/m0/s1. The molecule has 1 atom stereocenters. The zero-order valence-corrected chi connectivity index (χ0v) is 26.8. The van der Waals surface area contributed by atoms with Crippen molar-refractivity contribution >= 4 is 73.6 Å². The van der Waals surface area contributed by atoms with E-state index in [0.717, 1.165) is 19.9 Å². The van der Waals surface area contributed by atoms with Gasteiger partial charge in [-0.3, -0.25) is 19.7 Å². The molecule has 3 N–H and O–H groups in total. The largest absolute Gasteiger partial charge is 0.457 e. The SMILES string of the molecule is Cc1nnc(NC(=O)[C@H](C)Sc2ccc(NC(=O)/C(=C/c3ccc(-c4ccc(Br)cc4)o3)NC(=O)c3ccccc3)cc2)s1. The lowest BCUT2D eigenvalue weighted by Crippen LogP contribution is -2.30. The van der Waals surface area contributed by atoms with E-state index >= 15 is 0 Å². The first-order valence-corrected chi connectivity index (χ1v) is 15.9. The number of benzene rings is 3. The van der Waals surface area contributed by atoms with E-state index in [1.54, 1.807) is 61.5 Å². The molecule has 222 valence electrons. The second-order valence-corrected chi connectivity index (χ2v) is 13.0. The lowest BCUT2D eigenvalue weighted by Gasteiger charge is -2.12. The van der Waals surface area contributed by atoms with Crippen LogP contribution < -0.4 is 16.0 Å². The summed E-state index contributed by atoms with van der Waals surface area (Å²) >= 11 is 6.11. The predicted molar refractivity (Wildman–Crippen MR) is 177 cm³/mol. The third-order valence-corrected chi connectivity index (χ3v) is 8.52. The van der Waals surface area contributed by atoms with Crippen LogP contribution in [0.15, 0.2) is 110 Å². The van der Waals surface area contributed by atoms with E-state index in [-0.39, 0.29) is 11.6 Å². The third kappa shape index (κ3) is 8.31. The summed E-state index contributed by atoms with van der Waals surface area (Å²) < 4.78 is 6.92. The monoisotopic (exact) mass is 687 g/mol. The highest BCUT2D eigenvalue weighted by Gasteiger charge is 2.18. The van der Waals surface area contributed by atoms with Crippen molar-refractivity contribution in [1.29, 1.82) is 0 Å². The fourth-order valence-corrected chi connectivity index (χ4v) is 5.64. The van der Waals surface area contributed by atoms with Crippen LogP contribution in [0.1, 0.15) is 28.0 Å². The number of carbonyl (C=O) groups is 3. The maximum Gasteiger partial charge on any atom is 0.272 e. The fraction of sp³-hybridized carbons (Fsp3) is 0.0938. The molecule has 0 spiro atoms. The summed E-state index contributed by atoms with van der Waals surface area (Å²) in [5.74, 6) is -0.143. The van der Waals surface area contributed by atoms with Crippen LogP contribution in [0, 0.1) is 6.92 Å². The number of hydrogen-bond donors (Lipinski definition) is 3. The Kier molecular flexibility index (Phi) is 10.1. The van der Waals surface area contributed by atoms with Gasteiger partial charge in [0.2, 0.25) is 11.0 Å². The van der Waals surface area contributed by atoms with Crippen molar-refractivity contribution in [3.8, 4) is 11.3 Å². The maximum atomic E-state index is 13.4. The van der Waals surface area contributed by atoms with E-state index in [1.165, 1.54) is 29.2 Å². The van der Waals surface area contributed by atoms with Crippen LogP contribution in [0.3, 0.4) is 0 Å². The van der Waals surface area contributed by atoms with E-state index < -0.39 is 17.1 Å². The number of furan rings is 1. The Labute approximate surface area is 270 Å². The molecule has 0 unspecified atom stereocenters. The zero-order valence-electron chi connectivity index (χ0n) is 23.5. The molecule has 0 bridgehead atoms. The smallest absolute Gasteiger partial charge is 0.272 e. The highest BCUT2D eigenvalue weighted by molar-refractivity contribution is 9.10. The van der Waals surface area contributed by atoms with Crippen molar-refractivity contribution in [2.75, 3.05) is 10.6 Å². The van der Waals surface area contributed by atoms with Gasteiger partial charge in [0.05, 0.1) is 5.25 Å². The predicted octanol–water partition coefficient (Wildman–Crippen LogP) is 7.40. The number of halogens is 1. The van der Waals surface area contributed by atoms with Crippen molar-refractivity contribution in [3.05, 3.63) is 117 Å². The Morgan fingerprint density at radius 2 is 1.64 bits per heavy atom. The number of anilines is 2. The molecule has 0 aliphatic rings. The molecular formula is C32H26BrN5O4S2. The molecule has 3 amide bonds. The number of aryl methyl sites for hydroxylation is 1. The third-order valence-electron chi connectivity index (χ3n) is 6.12. The highest BCUT2D eigenvalue weighted by atomic mass is 79.9. The van der Waals surface area contributed by atoms with E-state index in [4.69, 9.17) is 4.42 Å². The normalized spacial score (nSPS) is 11.9. The molecule has 0 radical (unpaired) electrons. The van der Waals surface area contributed by atoms with Crippen LogP contribution in [0.5, 0.6) is 0 Å². The summed E-state index contributed by atoms with van der Waals surface area (Å²) in [6.07, 6.45) is 1.49. The van der Waals surface area contributed by atoms with Gasteiger partial charge >= 0.3 is 0 Å². The van der Waals surface area contributed by atoms with Crippen LogP contribution in [0.4, 0.5) is 10.8 Å². The Morgan fingerprint density at radius 3 is 2.32 bits per heavy atom. The topological polar surface area (TPSA) is 126 Å². The van der Waals surface area contributed by atoms with Crippen LogP contribution in [0.25, 0.3) is 17.4 Å². The minimum Gasteiger partial charge on any atom is -0.457 e. The first-order chi connectivity index (χ1) is 21.2. The van der Waals surface area contributed by atoms with Crippen LogP contribution in [0.2, 0.25) is 0 Å². The number of nitrogens with zero attached hydrogens (tertiary/aromatic N) is 2. The first kappa shape index (κ1) is 30.9. The molecule has 3 aromatic carbocycles. The van der Waals surface area contributed by atoms with Gasteiger partial charge < -0.3 is 15.1 Å². The highest BCUT2D eigenvalue weighted by Crippen LogP contribution is 2.27. The molecule has 5 rings (SSSR count). The Morgan fingerprint density at radius 1 is 0.909 bits per heavy atom. The summed E-state index contributed by atoms with van der Waals surface area (Å²) in [6, 6.07) is 26.9. The van der Waals surface area contributed by atoms with Crippen molar-refractivity contribution < 1.29 is 18.8 Å². The number of carbonyl (C=O) groups excluding carboxylic acids is 3. The van der Waals surface area contributed by atoms with Crippen LogP contribution >= 0.6 is 39.0 Å². The Balaban J connectivity index is 1.29. The Hall–Kier alpha value is -4.52. The second kappa shape index (κ2) is 14.3. The number of nitrogens with one attached hydrogen (secondary N) is 3. The van der Waals surface area contributed by atoms with Gasteiger partial charge in [0, 0.05) is 32.3 Å². The molecule has 0 aliphatic carbocycles. The maximum absolute atomic E-state index is 13.4. The van der Waals surface area contributed by atoms with Gasteiger partial charge in [0.1, 0.15) is 22.2 Å². The summed E-state index contributed by atoms with van der Waals surface area (Å²) in [5.41, 5.74) is 1.79. The first-order valence-electron chi connectivity index (χ1n) is 13.4. The fourth-order valence-electron chi connectivity index (χ4n) is 3.91.